The number of carbonyl (C=O) groups is 1. The second kappa shape index (κ2) is 9.80. The van der Waals surface area contributed by atoms with Gasteiger partial charge in [0.2, 0.25) is 5.91 Å². The fraction of sp³-hybridized carbons (Fsp3) is 0.227. The SMILES string of the molecule is O=C(Cn1cnc2scc(-c3cccs3)c2c1=O)NCCCOCc1ccccc1. The molecule has 1 N–H and O–H groups in total. The van der Waals surface area contributed by atoms with Gasteiger partial charge in [-0.25, -0.2) is 4.98 Å². The lowest BCUT2D eigenvalue weighted by Gasteiger charge is -2.08. The first kappa shape index (κ1) is 20.5. The Morgan fingerprint density at radius 1 is 1.13 bits per heavy atom. The van der Waals surface area contributed by atoms with E-state index in [0.717, 1.165) is 16.0 Å². The van der Waals surface area contributed by atoms with Crippen LogP contribution in [0.1, 0.15) is 12.0 Å². The van der Waals surface area contributed by atoms with Gasteiger partial charge in [0.25, 0.3) is 5.56 Å². The standard InChI is InChI=1S/C22H21N3O3S2/c26-19(23-9-5-10-28-13-16-6-2-1-3-7-16)12-25-15-24-21-20(22(25)27)17(14-30-21)18-8-4-11-29-18/h1-4,6-8,11,14-15H,5,9-10,12-13H2,(H,23,26). The van der Waals surface area contributed by atoms with Crippen molar-refractivity contribution in [2.75, 3.05) is 13.2 Å². The van der Waals surface area contributed by atoms with E-state index in [1.165, 1.54) is 22.2 Å². The molecule has 0 bridgehead atoms. The lowest BCUT2D eigenvalue weighted by atomic mass is 10.2. The summed E-state index contributed by atoms with van der Waals surface area (Å²) in [6, 6.07) is 13.9. The van der Waals surface area contributed by atoms with E-state index >= 15 is 0 Å². The summed E-state index contributed by atoms with van der Waals surface area (Å²) in [5.41, 5.74) is 1.82. The molecule has 4 aromatic rings. The number of ether oxygens (including phenoxy) is 1. The second-order valence-corrected chi connectivity index (χ2v) is 8.53. The number of nitrogens with zero attached hydrogens (tertiary/aromatic N) is 2. The Labute approximate surface area is 181 Å². The summed E-state index contributed by atoms with van der Waals surface area (Å²) < 4.78 is 6.98. The predicted octanol–water partition coefficient (Wildman–Crippen LogP) is 3.91. The lowest BCUT2D eigenvalue weighted by Crippen LogP contribution is -2.33. The first-order valence-electron chi connectivity index (χ1n) is 9.61. The average Bonchev–Trinajstić information content (AvgIpc) is 3.43. The van der Waals surface area contributed by atoms with Crippen LogP contribution >= 0.6 is 22.7 Å². The summed E-state index contributed by atoms with van der Waals surface area (Å²) in [7, 11) is 0. The average molecular weight is 440 g/mol. The highest BCUT2D eigenvalue weighted by atomic mass is 32.1. The molecule has 6 nitrogen and oxygen atoms in total. The number of thiophene rings is 2. The van der Waals surface area contributed by atoms with E-state index in [4.69, 9.17) is 4.74 Å². The fourth-order valence-electron chi connectivity index (χ4n) is 3.07. The molecule has 3 aromatic heterocycles. The third kappa shape index (κ3) is 4.84. The number of carbonyl (C=O) groups excluding carboxylic acids is 1. The van der Waals surface area contributed by atoms with Crippen molar-refractivity contribution in [1.82, 2.24) is 14.9 Å². The Morgan fingerprint density at radius 3 is 2.80 bits per heavy atom. The number of aromatic nitrogens is 2. The quantitative estimate of drug-likeness (QED) is 0.401. The highest BCUT2D eigenvalue weighted by molar-refractivity contribution is 7.18. The van der Waals surface area contributed by atoms with E-state index in [-0.39, 0.29) is 18.0 Å². The van der Waals surface area contributed by atoms with Gasteiger partial charge in [0.1, 0.15) is 11.4 Å². The van der Waals surface area contributed by atoms with Gasteiger partial charge in [0, 0.05) is 29.0 Å². The van der Waals surface area contributed by atoms with Crippen LogP contribution in [0.25, 0.3) is 20.7 Å². The van der Waals surface area contributed by atoms with Gasteiger partial charge in [-0.05, 0) is 23.4 Å². The monoisotopic (exact) mass is 439 g/mol. The van der Waals surface area contributed by atoms with E-state index in [9.17, 15) is 9.59 Å². The second-order valence-electron chi connectivity index (χ2n) is 6.73. The van der Waals surface area contributed by atoms with Crippen molar-refractivity contribution in [3.05, 3.63) is 75.5 Å². The normalized spacial score (nSPS) is 11.1. The minimum Gasteiger partial charge on any atom is -0.377 e. The van der Waals surface area contributed by atoms with Crippen LogP contribution in [-0.2, 0) is 22.7 Å². The van der Waals surface area contributed by atoms with Crippen LogP contribution in [0, 0.1) is 0 Å². The molecule has 0 aliphatic rings. The minimum atomic E-state index is -0.214. The maximum Gasteiger partial charge on any atom is 0.263 e. The smallest absolute Gasteiger partial charge is 0.263 e. The van der Waals surface area contributed by atoms with Crippen molar-refractivity contribution in [1.29, 1.82) is 0 Å². The number of benzene rings is 1. The van der Waals surface area contributed by atoms with E-state index < -0.39 is 0 Å². The molecule has 0 atom stereocenters. The lowest BCUT2D eigenvalue weighted by molar-refractivity contribution is -0.121. The van der Waals surface area contributed by atoms with Crippen molar-refractivity contribution >= 4 is 38.8 Å². The van der Waals surface area contributed by atoms with Crippen LogP contribution in [0.3, 0.4) is 0 Å². The summed E-state index contributed by atoms with van der Waals surface area (Å²) in [6.45, 7) is 1.56. The van der Waals surface area contributed by atoms with Crippen LogP contribution in [0.4, 0.5) is 0 Å². The molecular formula is C22H21N3O3S2. The molecule has 0 radical (unpaired) electrons. The van der Waals surface area contributed by atoms with E-state index in [1.807, 2.05) is 53.2 Å². The van der Waals surface area contributed by atoms with Gasteiger partial charge in [-0.2, -0.15) is 0 Å². The van der Waals surface area contributed by atoms with Gasteiger partial charge in [0.15, 0.2) is 0 Å². The van der Waals surface area contributed by atoms with Gasteiger partial charge < -0.3 is 10.1 Å². The Kier molecular flexibility index (Phi) is 6.68. The molecule has 0 fully saturated rings. The summed E-state index contributed by atoms with van der Waals surface area (Å²) in [4.78, 5) is 31.3. The largest absolute Gasteiger partial charge is 0.377 e. The maximum atomic E-state index is 12.9. The molecule has 0 saturated carbocycles. The Morgan fingerprint density at radius 2 is 2.00 bits per heavy atom. The Bertz CT molecular complexity index is 1170. The molecule has 1 aromatic carbocycles. The number of hydrogen-bond acceptors (Lipinski definition) is 6. The summed E-state index contributed by atoms with van der Waals surface area (Å²) in [6.07, 6.45) is 2.15. The summed E-state index contributed by atoms with van der Waals surface area (Å²) in [5.74, 6) is -0.214. The fourth-order valence-corrected chi connectivity index (χ4v) is 4.79. The summed E-state index contributed by atoms with van der Waals surface area (Å²) >= 11 is 3.02. The first-order valence-corrected chi connectivity index (χ1v) is 11.4. The topological polar surface area (TPSA) is 73.2 Å². The van der Waals surface area contributed by atoms with E-state index in [1.54, 1.807) is 11.3 Å². The zero-order valence-electron chi connectivity index (χ0n) is 16.2. The molecule has 0 spiro atoms. The van der Waals surface area contributed by atoms with Crippen molar-refractivity contribution in [3.63, 3.8) is 0 Å². The minimum absolute atomic E-state index is 0.0492. The van der Waals surface area contributed by atoms with Crippen molar-refractivity contribution in [2.45, 2.75) is 19.6 Å². The van der Waals surface area contributed by atoms with Gasteiger partial charge in [-0.1, -0.05) is 36.4 Å². The van der Waals surface area contributed by atoms with Crippen LogP contribution in [-0.4, -0.2) is 28.6 Å². The van der Waals surface area contributed by atoms with Crippen molar-refractivity contribution in [3.8, 4) is 10.4 Å². The zero-order chi connectivity index (χ0) is 20.8. The highest BCUT2D eigenvalue weighted by Gasteiger charge is 2.15. The van der Waals surface area contributed by atoms with Gasteiger partial charge in [-0.3, -0.25) is 14.2 Å². The van der Waals surface area contributed by atoms with Crippen molar-refractivity contribution < 1.29 is 9.53 Å². The molecule has 4 rings (SSSR count). The molecule has 30 heavy (non-hydrogen) atoms. The molecule has 0 unspecified atom stereocenters. The number of nitrogens with one attached hydrogen (secondary N) is 1. The number of rotatable bonds is 9. The van der Waals surface area contributed by atoms with E-state index in [0.29, 0.717) is 36.4 Å². The molecule has 8 heteroatoms. The van der Waals surface area contributed by atoms with Gasteiger partial charge in [0.05, 0.1) is 18.3 Å². The molecular weight excluding hydrogens is 418 g/mol. The Hall–Kier alpha value is -2.81. The molecule has 1 amide bonds. The molecule has 3 heterocycles. The molecule has 0 aliphatic carbocycles. The van der Waals surface area contributed by atoms with Crippen molar-refractivity contribution in [2.24, 2.45) is 0 Å². The number of hydrogen-bond donors (Lipinski definition) is 1. The molecule has 154 valence electrons. The van der Waals surface area contributed by atoms with Gasteiger partial charge >= 0.3 is 0 Å². The first-order chi connectivity index (χ1) is 14.7. The maximum absolute atomic E-state index is 12.9. The van der Waals surface area contributed by atoms with Gasteiger partial charge in [-0.15, -0.1) is 22.7 Å². The predicted molar refractivity (Wildman–Crippen MR) is 121 cm³/mol. The number of amides is 1. The molecule has 0 saturated heterocycles. The van der Waals surface area contributed by atoms with Crippen LogP contribution < -0.4 is 10.9 Å². The zero-order valence-corrected chi connectivity index (χ0v) is 17.9. The van der Waals surface area contributed by atoms with Crippen LogP contribution in [0.2, 0.25) is 0 Å². The third-order valence-corrected chi connectivity index (χ3v) is 6.35. The summed E-state index contributed by atoms with van der Waals surface area (Å²) in [5, 5.41) is 7.34. The number of fused-ring (bicyclic) bond motifs is 1. The highest BCUT2D eigenvalue weighted by Crippen LogP contribution is 2.33. The van der Waals surface area contributed by atoms with Crippen LogP contribution in [0.5, 0.6) is 0 Å². The molecule has 0 aliphatic heterocycles. The van der Waals surface area contributed by atoms with Crippen LogP contribution in [0.15, 0.2) is 64.3 Å². The van der Waals surface area contributed by atoms with E-state index in [2.05, 4.69) is 10.3 Å². The Balaban J connectivity index is 1.30. The third-order valence-electron chi connectivity index (χ3n) is 4.56.